The van der Waals surface area contributed by atoms with Crippen LogP contribution in [-0.2, 0) is 16.6 Å². The van der Waals surface area contributed by atoms with E-state index in [4.69, 9.17) is 4.42 Å². The van der Waals surface area contributed by atoms with Gasteiger partial charge in [0.2, 0.25) is 16.0 Å². The number of nitrogens with zero attached hydrogens (tertiary/aromatic N) is 5. The van der Waals surface area contributed by atoms with Crippen molar-refractivity contribution in [3.63, 3.8) is 0 Å². The van der Waals surface area contributed by atoms with Gasteiger partial charge >= 0.3 is 0 Å². The lowest BCUT2D eigenvalue weighted by Crippen LogP contribution is -2.27. The minimum absolute atomic E-state index is 0.0541. The molecule has 0 fully saturated rings. The molecule has 5 rings (SSSR count). The second kappa shape index (κ2) is 11.0. The highest BCUT2D eigenvalue weighted by molar-refractivity contribution is 7.89. The summed E-state index contributed by atoms with van der Waals surface area (Å²) in [6.45, 7) is 0.0541. The lowest BCUT2D eigenvalue weighted by Gasteiger charge is -2.17. The number of imidazole rings is 1. The van der Waals surface area contributed by atoms with Gasteiger partial charge in [0, 0.05) is 38.9 Å². The average Bonchev–Trinajstić information content (AvgIpc) is 3.71. The Hall–Kier alpha value is -4.33. The lowest BCUT2D eigenvalue weighted by molar-refractivity contribution is 0.0991. The first kappa shape index (κ1) is 27.2. The summed E-state index contributed by atoms with van der Waals surface area (Å²) in [7, 11) is 1.09. The number of nitrogens with one attached hydrogen (secondary N) is 1. The molecule has 0 atom stereocenters. The van der Waals surface area contributed by atoms with E-state index in [0.29, 0.717) is 32.9 Å². The zero-order valence-corrected chi connectivity index (χ0v) is 23.6. The number of carbonyl (C=O) groups is 2. The van der Waals surface area contributed by atoms with E-state index in [1.54, 1.807) is 72.4 Å². The molecule has 0 spiro atoms. The first-order chi connectivity index (χ1) is 19.1. The molecule has 0 unspecified atom stereocenters. The van der Waals surface area contributed by atoms with Crippen molar-refractivity contribution in [2.45, 2.75) is 6.54 Å². The number of hydrogen-bond acceptors (Lipinski definition) is 8. The number of anilines is 2. The van der Waals surface area contributed by atoms with Crippen molar-refractivity contribution in [1.82, 2.24) is 18.8 Å². The van der Waals surface area contributed by atoms with Gasteiger partial charge in [0.1, 0.15) is 0 Å². The van der Waals surface area contributed by atoms with Crippen molar-refractivity contribution in [2.75, 3.05) is 37.1 Å². The third kappa shape index (κ3) is 5.52. The third-order valence-electron chi connectivity index (χ3n) is 6.30. The molecule has 11 nitrogen and oxygen atoms in total. The fourth-order valence-corrected chi connectivity index (χ4v) is 5.66. The Kier molecular flexibility index (Phi) is 7.52. The monoisotopic (exact) mass is 578 g/mol. The molecule has 0 bridgehead atoms. The molecule has 13 heteroatoms. The van der Waals surface area contributed by atoms with Crippen LogP contribution < -0.4 is 10.2 Å². The Labute approximate surface area is 234 Å². The van der Waals surface area contributed by atoms with Crippen molar-refractivity contribution < 1.29 is 22.4 Å². The molecule has 2 amide bonds. The fourth-order valence-electron chi connectivity index (χ4n) is 4.02. The van der Waals surface area contributed by atoms with Gasteiger partial charge in [0.25, 0.3) is 11.8 Å². The van der Waals surface area contributed by atoms with Crippen LogP contribution in [0.4, 0.5) is 11.6 Å². The summed E-state index contributed by atoms with van der Waals surface area (Å²) in [5.41, 5.74) is 2.25. The second-order valence-corrected chi connectivity index (χ2v) is 12.5. The third-order valence-corrected chi connectivity index (χ3v) is 9.21. The highest BCUT2D eigenvalue weighted by Crippen LogP contribution is 2.30. The summed E-state index contributed by atoms with van der Waals surface area (Å²) < 4.78 is 33.2. The van der Waals surface area contributed by atoms with E-state index in [-0.39, 0.29) is 24.2 Å². The van der Waals surface area contributed by atoms with Gasteiger partial charge in [-0.25, -0.2) is 22.7 Å². The Bertz CT molecular complexity index is 1780. The van der Waals surface area contributed by atoms with Crippen LogP contribution in [0.3, 0.4) is 0 Å². The molecule has 206 valence electrons. The van der Waals surface area contributed by atoms with E-state index in [0.717, 1.165) is 9.18 Å². The maximum Gasteiger partial charge on any atom is 0.268 e. The Balaban J connectivity index is 1.47. The van der Waals surface area contributed by atoms with Crippen LogP contribution in [0.1, 0.15) is 20.0 Å². The van der Waals surface area contributed by atoms with E-state index >= 15 is 0 Å². The van der Waals surface area contributed by atoms with Crippen LogP contribution in [0.5, 0.6) is 0 Å². The predicted octanol–water partition coefficient (Wildman–Crippen LogP) is 4.17. The number of rotatable bonds is 9. The highest BCUT2D eigenvalue weighted by atomic mass is 32.2. The van der Waals surface area contributed by atoms with Crippen molar-refractivity contribution in [1.29, 1.82) is 0 Å². The quantitative estimate of drug-likeness (QED) is 0.278. The summed E-state index contributed by atoms with van der Waals surface area (Å²) in [6, 6.07) is 17.6. The largest absolute Gasteiger partial charge is 0.443 e. The molecule has 0 aliphatic rings. The minimum atomic E-state index is -3.52. The standard InChI is InChI=1S/C27H26N6O5S2/c1-31(2)40(36,37)14-13-33-21-10-9-19(32(3)26(35)18-7-5-4-6-8-18)15-20(21)29-27(33)30-25(34)24-12-11-23(39-24)22-16-28-17-38-22/h4-12,15-17H,13-14H2,1-3H3,(H,29,30,34). The van der Waals surface area contributed by atoms with E-state index < -0.39 is 15.9 Å². The zero-order chi connectivity index (χ0) is 28.4. The molecule has 2 aromatic carbocycles. The molecular formula is C27H26N6O5S2. The number of oxazole rings is 1. The summed E-state index contributed by atoms with van der Waals surface area (Å²) in [4.78, 5) is 37.4. The number of amides is 2. The van der Waals surface area contributed by atoms with Crippen LogP contribution >= 0.6 is 11.3 Å². The van der Waals surface area contributed by atoms with Gasteiger partial charge in [0.05, 0.1) is 32.7 Å². The van der Waals surface area contributed by atoms with E-state index in [1.165, 1.54) is 36.7 Å². The first-order valence-corrected chi connectivity index (χ1v) is 14.6. The van der Waals surface area contributed by atoms with E-state index in [9.17, 15) is 18.0 Å². The summed E-state index contributed by atoms with van der Waals surface area (Å²) in [6.07, 6.45) is 2.88. The van der Waals surface area contributed by atoms with Gasteiger partial charge in [-0.05, 0) is 42.5 Å². The zero-order valence-electron chi connectivity index (χ0n) is 21.9. The number of sulfonamides is 1. The number of fused-ring (bicyclic) bond motifs is 1. The maximum absolute atomic E-state index is 13.2. The van der Waals surface area contributed by atoms with Crippen molar-refractivity contribution in [3.05, 3.63) is 83.7 Å². The molecule has 0 radical (unpaired) electrons. The number of carbonyl (C=O) groups excluding carboxylic acids is 2. The fraction of sp³-hybridized carbons (Fsp3) is 0.185. The molecule has 0 saturated carbocycles. The Morgan fingerprint density at radius 2 is 1.82 bits per heavy atom. The van der Waals surface area contributed by atoms with E-state index in [1.807, 2.05) is 6.07 Å². The molecule has 0 aliphatic heterocycles. The van der Waals surface area contributed by atoms with Crippen molar-refractivity contribution in [3.8, 4) is 10.6 Å². The molecule has 40 heavy (non-hydrogen) atoms. The van der Waals surface area contributed by atoms with Crippen LogP contribution in [0.25, 0.3) is 21.7 Å². The molecule has 0 saturated heterocycles. The molecule has 5 aromatic rings. The topological polar surface area (TPSA) is 131 Å². The number of aryl methyl sites for hydroxylation is 1. The van der Waals surface area contributed by atoms with Crippen LogP contribution in [0.15, 0.2) is 77.7 Å². The Morgan fingerprint density at radius 1 is 1.05 bits per heavy atom. The molecule has 3 heterocycles. The number of thiophene rings is 1. The van der Waals surface area contributed by atoms with Gasteiger partial charge in [-0.3, -0.25) is 14.9 Å². The summed E-state index contributed by atoms with van der Waals surface area (Å²) >= 11 is 1.23. The molecular weight excluding hydrogens is 552 g/mol. The number of benzene rings is 2. The van der Waals surface area contributed by atoms with Crippen LogP contribution in [-0.4, -0.2) is 66.0 Å². The van der Waals surface area contributed by atoms with Crippen LogP contribution in [0, 0.1) is 0 Å². The first-order valence-electron chi connectivity index (χ1n) is 12.2. The summed E-state index contributed by atoms with van der Waals surface area (Å²) in [5.74, 6) is -0.0498. The lowest BCUT2D eigenvalue weighted by atomic mass is 10.2. The summed E-state index contributed by atoms with van der Waals surface area (Å²) in [5, 5.41) is 2.83. The Morgan fingerprint density at radius 3 is 2.52 bits per heavy atom. The predicted molar refractivity (Wildman–Crippen MR) is 154 cm³/mol. The van der Waals surface area contributed by atoms with Crippen molar-refractivity contribution >= 4 is 55.8 Å². The van der Waals surface area contributed by atoms with E-state index in [2.05, 4.69) is 15.3 Å². The van der Waals surface area contributed by atoms with Crippen molar-refractivity contribution in [2.24, 2.45) is 0 Å². The maximum atomic E-state index is 13.2. The van der Waals surface area contributed by atoms with Crippen LogP contribution in [0.2, 0.25) is 0 Å². The highest BCUT2D eigenvalue weighted by Gasteiger charge is 2.21. The SMILES string of the molecule is CN(C(=O)c1ccccc1)c1ccc2c(c1)nc(NC(=O)c1ccc(-c3cnco3)s1)n2CCS(=O)(=O)N(C)C. The van der Waals surface area contributed by atoms with Gasteiger partial charge < -0.3 is 13.9 Å². The second-order valence-electron chi connectivity index (χ2n) is 9.07. The van der Waals surface area contributed by atoms with Gasteiger partial charge in [-0.2, -0.15) is 0 Å². The van der Waals surface area contributed by atoms with Gasteiger partial charge in [0.15, 0.2) is 12.2 Å². The molecule has 1 N–H and O–H groups in total. The molecule has 3 aromatic heterocycles. The number of aromatic nitrogens is 3. The number of hydrogen-bond donors (Lipinski definition) is 1. The molecule has 0 aliphatic carbocycles. The average molecular weight is 579 g/mol. The normalized spacial score (nSPS) is 11.7. The minimum Gasteiger partial charge on any atom is -0.443 e. The smallest absolute Gasteiger partial charge is 0.268 e. The van der Waals surface area contributed by atoms with Gasteiger partial charge in [-0.15, -0.1) is 11.3 Å². The van der Waals surface area contributed by atoms with Gasteiger partial charge in [-0.1, -0.05) is 18.2 Å².